The first-order chi connectivity index (χ1) is 19.3. The van der Waals surface area contributed by atoms with Gasteiger partial charge in [-0.15, -0.1) is 11.3 Å². The molecule has 182 valence electrons. The molecule has 4 aromatic carbocycles. The summed E-state index contributed by atoms with van der Waals surface area (Å²) in [6, 6.07) is 39.2. The van der Waals surface area contributed by atoms with Crippen molar-refractivity contribution >= 4 is 75.4 Å². The molecule has 9 rings (SSSR count). The van der Waals surface area contributed by atoms with Gasteiger partial charge in [-0.3, -0.25) is 9.97 Å². The van der Waals surface area contributed by atoms with E-state index in [2.05, 4.69) is 116 Å². The first-order valence-electron chi connectivity index (χ1n) is 13.0. The van der Waals surface area contributed by atoms with E-state index >= 15 is 0 Å². The summed E-state index contributed by atoms with van der Waals surface area (Å²) in [6.45, 7) is 0. The molecule has 0 radical (unpaired) electrons. The molecule has 0 spiro atoms. The van der Waals surface area contributed by atoms with Gasteiger partial charge in [-0.1, -0.05) is 36.4 Å². The van der Waals surface area contributed by atoms with Crippen LogP contribution in [-0.2, 0) is 0 Å². The minimum absolute atomic E-state index is 0.928. The van der Waals surface area contributed by atoms with Crippen molar-refractivity contribution in [2.75, 3.05) is 0 Å². The van der Waals surface area contributed by atoms with Gasteiger partial charge in [-0.2, -0.15) is 0 Å². The summed E-state index contributed by atoms with van der Waals surface area (Å²) in [6.07, 6.45) is 3.68. The summed E-state index contributed by atoms with van der Waals surface area (Å²) >= 11 is 1.86. The minimum atomic E-state index is 0.928. The fraction of sp³-hybridized carbons (Fsp3) is 0. The molecule has 0 aliphatic carbocycles. The predicted molar refractivity (Wildman–Crippen MR) is 164 cm³/mol. The second-order valence-corrected chi connectivity index (χ2v) is 11.0. The number of hydrogen-bond acceptors (Lipinski definition) is 3. The lowest BCUT2D eigenvalue weighted by molar-refractivity contribution is 1.18. The van der Waals surface area contributed by atoms with Gasteiger partial charge in [0.2, 0.25) is 0 Å². The van der Waals surface area contributed by atoms with Gasteiger partial charge in [0.25, 0.3) is 0 Å². The molecule has 4 nitrogen and oxygen atoms in total. The number of benzene rings is 4. The normalized spacial score (nSPS) is 12.1. The van der Waals surface area contributed by atoms with Crippen LogP contribution in [0.25, 0.3) is 75.4 Å². The lowest BCUT2D eigenvalue weighted by Crippen LogP contribution is -1.94. The molecule has 5 heteroatoms. The van der Waals surface area contributed by atoms with Crippen LogP contribution in [0.5, 0.6) is 0 Å². The zero-order valence-corrected chi connectivity index (χ0v) is 21.6. The Morgan fingerprint density at radius 3 is 1.90 bits per heavy atom. The van der Waals surface area contributed by atoms with Crippen LogP contribution in [0.1, 0.15) is 0 Å². The summed E-state index contributed by atoms with van der Waals surface area (Å²) in [5.74, 6) is 0. The predicted octanol–water partition coefficient (Wildman–Crippen LogP) is 9.04. The fourth-order valence-electron chi connectivity index (χ4n) is 6.15. The van der Waals surface area contributed by atoms with Gasteiger partial charge in [-0.25, -0.2) is 0 Å². The second-order valence-electron chi connectivity index (χ2n) is 9.91. The van der Waals surface area contributed by atoms with Crippen molar-refractivity contribution in [3.63, 3.8) is 0 Å². The molecule has 0 amide bonds. The molecule has 0 fully saturated rings. The zero-order valence-electron chi connectivity index (χ0n) is 20.7. The number of thiophene rings is 1. The topological polar surface area (TPSA) is 35.6 Å². The Kier molecular flexibility index (Phi) is 4.18. The van der Waals surface area contributed by atoms with Crippen molar-refractivity contribution < 1.29 is 0 Å². The molecule has 0 aliphatic heterocycles. The average Bonchev–Trinajstić information content (AvgIpc) is 3.63. The minimum Gasteiger partial charge on any atom is -0.309 e. The van der Waals surface area contributed by atoms with Crippen molar-refractivity contribution in [3.8, 4) is 11.4 Å². The molecular weight excluding hydrogens is 496 g/mol. The van der Waals surface area contributed by atoms with Crippen LogP contribution in [0, 0.1) is 0 Å². The van der Waals surface area contributed by atoms with Gasteiger partial charge in [0, 0.05) is 54.7 Å². The Bertz CT molecular complexity index is 2340. The first-order valence-corrected chi connectivity index (χ1v) is 13.8. The van der Waals surface area contributed by atoms with Gasteiger partial charge in [0.05, 0.1) is 22.1 Å². The molecule has 0 saturated carbocycles. The van der Waals surface area contributed by atoms with Crippen molar-refractivity contribution in [3.05, 3.63) is 122 Å². The molecule has 0 atom stereocenters. The number of nitrogens with zero attached hydrogens (tertiary/aromatic N) is 4. The van der Waals surface area contributed by atoms with Crippen molar-refractivity contribution in [1.29, 1.82) is 0 Å². The number of hydrogen-bond donors (Lipinski definition) is 0. The average molecular weight is 517 g/mol. The number of rotatable bonds is 2. The van der Waals surface area contributed by atoms with E-state index in [9.17, 15) is 0 Å². The number of pyridine rings is 2. The number of fused-ring (bicyclic) bond motifs is 9. The third-order valence-corrected chi connectivity index (χ3v) is 8.93. The molecule has 0 saturated heterocycles. The Labute approximate surface area is 227 Å². The van der Waals surface area contributed by atoms with Crippen LogP contribution >= 0.6 is 11.3 Å². The fourth-order valence-corrected chi connectivity index (χ4v) is 7.26. The van der Waals surface area contributed by atoms with Gasteiger partial charge in [0.15, 0.2) is 0 Å². The van der Waals surface area contributed by atoms with E-state index in [4.69, 9.17) is 0 Å². The number of para-hydroxylation sites is 2. The summed E-state index contributed by atoms with van der Waals surface area (Å²) in [7, 11) is 0. The monoisotopic (exact) mass is 516 g/mol. The Morgan fingerprint density at radius 1 is 0.436 bits per heavy atom. The summed E-state index contributed by atoms with van der Waals surface area (Å²) < 4.78 is 7.26. The van der Waals surface area contributed by atoms with Crippen LogP contribution in [-0.4, -0.2) is 19.1 Å². The SMILES string of the molecule is c1ccc(-n2c3ccccc3c3cc4sc5ccc(-n6c7cccnc7c7ncccc76)cc5c4cc32)cc1. The van der Waals surface area contributed by atoms with E-state index in [1.165, 1.54) is 47.7 Å². The first kappa shape index (κ1) is 21.0. The highest BCUT2D eigenvalue weighted by Gasteiger charge is 2.17. The molecule has 9 aromatic rings. The summed E-state index contributed by atoms with van der Waals surface area (Å²) in [5, 5.41) is 5.11. The van der Waals surface area contributed by atoms with E-state index in [-0.39, 0.29) is 0 Å². The van der Waals surface area contributed by atoms with E-state index in [1.807, 2.05) is 35.9 Å². The van der Waals surface area contributed by atoms with Crippen LogP contribution in [0.3, 0.4) is 0 Å². The van der Waals surface area contributed by atoms with Crippen molar-refractivity contribution in [1.82, 2.24) is 19.1 Å². The second kappa shape index (κ2) is 7.76. The largest absolute Gasteiger partial charge is 0.309 e. The lowest BCUT2D eigenvalue weighted by Gasteiger charge is -2.08. The van der Waals surface area contributed by atoms with E-state index in [1.54, 1.807) is 0 Å². The zero-order chi connectivity index (χ0) is 25.5. The summed E-state index contributed by atoms with van der Waals surface area (Å²) in [4.78, 5) is 9.33. The molecule has 0 aliphatic rings. The third kappa shape index (κ3) is 2.88. The quantitative estimate of drug-likeness (QED) is 0.230. The van der Waals surface area contributed by atoms with Gasteiger partial charge in [0.1, 0.15) is 11.0 Å². The number of aromatic nitrogens is 4. The van der Waals surface area contributed by atoms with Crippen LogP contribution in [0.4, 0.5) is 0 Å². The molecular formula is C34H20N4S. The maximum Gasteiger partial charge on any atom is 0.115 e. The van der Waals surface area contributed by atoms with Crippen molar-refractivity contribution in [2.24, 2.45) is 0 Å². The Hall–Kier alpha value is -5.00. The molecule has 5 aromatic heterocycles. The highest BCUT2D eigenvalue weighted by atomic mass is 32.1. The van der Waals surface area contributed by atoms with Crippen LogP contribution in [0.15, 0.2) is 122 Å². The molecule has 0 bridgehead atoms. The Morgan fingerprint density at radius 2 is 1.10 bits per heavy atom. The molecule has 0 unspecified atom stereocenters. The van der Waals surface area contributed by atoms with E-state index in [0.29, 0.717) is 0 Å². The highest BCUT2D eigenvalue weighted by molar-refractivity contribution is 7.25. The third-order valence-electron chi connectivity index (χ3n) is 7.80. The lowest BCUT2D eigenvalue weighted by atomic mass is 10.1. The van der Waals surface area contributed by atoms with Gasteiger partial charge >= 0.3 is 0 Å². The molecule has 0 N–H and O–H groups in total. The molecule has 39 heavy (non-hydrogen) atoms. The highest BCUT2D eigenvalue weighted by Crippen LogP contribution is 2.41. The van der Waals surface area contributed by atoms with Crippen LogP contribution < -0.4 is 0 Å². The maximum absolute atomic E-state index is 4.67. The van der Waals surface area contributed by atoms with Gasteiger partial charge < -0.3 is 9.13 Å². The van der Waals surface area contributed by atoms with Crippen LogP contribution in [0.2, 0.25) is 0 Å². The molecule has 5 heterocycles. The van der Waals surface area contributed by atoms with E-state index < -0.39 is 0 Å². The van der Waals surface area contributed by atoms with Crippen molar-refractivity contribution in [2.45, 2.75) is 0 Å². The summed E-state index contributed by atoms with van der Waals surface area (Å²) in [5.41, 5.74) is 8.74. The maximum atomic E-state index is 4.67. The van der Waals surface area contributed by atoms with E-state index in [0.717, 1.165) is 27.8 Å². The Balaban J connectivity index is 1.37. The van der Waals surface area contributed by atoms with Gasteiger partial charge in [-0.05, 0) is 72.8 Å². The standard InChI is InChI=1S/C34H20N4S/c1-2-8-21(9-3-1)37-27-11-5-4-10-23(27)24-20-32-26(19-30(24)37)25-18-22(14-15-31(25)39-32)38-28-12-6-16-35-33(28)34-29(38)13-7-17-36-34/h1-20H. The smallest absolute Gasteiger partial charge is 0.115 e.